The van der Waals surface area contributed by atoms with Crippen LogP contribution in [0, 0.1) is 0 Å². The lowest BCUT2D eigenvalue weighted by Gasteiger charge is -2.40. The van der Waals surface area contributed by atoms with Gasteiger partial charge >= 0.3 is 0 Å². The van der Waals surface area contributed by atoms with Gasteiger partial charge < -0.3 is 19.9 Å². The molecule has 0 saturated carbocycles. The summed E-state index contributed by atoms with van der Waals surface area (Å²) in [5.41, 5.74) is 4.24. The van der Waals surface area contributed by atoms with Crippen LogP contribution in [0.25, 0.3) is 10.9 Å². The number of hydrogen-bond donors (Lipinski definition) is 2. The Labute approximate surface area is 171 Å². The van der Waals surface area contributed by atoms with Gasteiger partial charge in [0.15, 0.2) is 0 Å². The molecule has 2 N–H and O–H groups in total. The molecule has 1 aromatic heterocycles. The Bertz CT molecular complexity index is 1060. The number of hydrogen-bond acceptors (Lipinski definition) is 3. The van der Waals surface area contributed by atoms with Gasteiger partial charge in [-0.3, -0.25) is 4.79 Å². The molecule has 0 radical (unpaired) electrons. The molecule has 1 fully saturated rings. The normalized spacial score (nSPS) is 22.7. The summed E-state index contributed by atoms with van der Waals surface area (Å²) in [6.45, 7) is 1.94. The molecule has 2 aromatic carbocycles. The molecule has 2 aliphatic rings. The minimum Gasteiger partial charge on any atom is -0.378 e. The Balaban J connectivity index is 1.54. The molecule has 1 aliphatic heterocycles. The summed E-state index contributed by atoms with van der Waals surface area (Å²) in [7, 11) is 3.75. The summed E-state index contributed by atoms with van der Waals surface area (Å²) < 4.78 is 8.09. The van der Waals surface area contributed by atoms with Crippen LogP contribution in [-0.4, -0.2) is 36.8 Å². The van der Waals surface area contributed by atoms with Crippen LogP contribution in [0.1, 0.15) is 40.4 Å². The predicted molar refractivity (Wildman–Crippen MR) is 114 cm³/mol. The summed E-state index contributed by atoms with van der Waals surface area (Å²) in [4.78, 5) is 13.4. The lowest BCUT2D eigenvalue weighted by Crippen LogP contribution is -2.49. The van der Waals surface area contributed by atoms with Crippen LogP contribution in [0.3, 0.4) is 0 Å². The minimum absolute atomic E-state index is 0.0466. The van der Waals surface area contributed by atoms with E-state index in [1.165, 1.54) is 11.1 Å². The van der Waals surface area contributed by atoms with Crippen LogP contribution in [-0.2, 0) is 17.2 Å². The second kappa shape index (κ2) is 7.01. The van der Waals surface area contributed by atoms with Crippen LogP contribution in [0.15, 0.2) is 54.7 Å². The number of ether oxygens (including phenoxy) is 1. The predicted octanol–water partition coefficient (Wildman–Crippen LogP) is 3.30. The van der Waals surface area contributed by atoms with Crippen molar-refractivity contribution in [2.24, 2.45) is 7.05 Å². The van der Waals surface area contributed by atoms with Gasteiger partial charge in [-0.25, -0.2) is 0 Å². The van der Waals surface area contributed by atoms with Gasteiger partial charge in [0.05, 0.1) is 17.7 Å². The maximum atomic E-state index is 13.4. The monoisotopic (exact) mass is 389 g/mol. The van der Waals surface area contributed by atoms with Gasteiger partial charge in [0.1, 0.15) is 0 Å². The van der Waals surface area contributed by atoms with E-state index < -0.39 is 0 Å². The topological polar surface area (TPSA) is 55.3 Å². The molecule has 1 amide bonds. The number of aromatic nitrogens is 1. The van der Waals surface area contributed by atoms with E-state index in [4.69, 9.17) is 4.74 Å². The standard InChI is InChI=1S/C24H27N3O2/c1-27-15-18(16-7-4-6-10-20(16)27)23(28)26-21-17-8-3-5-9-19(17)24(22(21)29-2)11-13-25-14-12-24/h3-10,15,21-22,25H,11-14H2,1-2H3,(H,26,28)/t21-,22+/m0/s1. The van der Waals surface area contributed by atoms with Gasteiger partial charge in [-0.15, -0.1) is 0 Å². The summed E-state index contributed by atoms with van der Waals surface area (Å²) in [5, 5.41) is 7.78. The first-order chi connectivity index (χ1) is 14.2. The minimum atomic E-state index is -0.152. The van der Waals surface area contributed by atoms with E-state index in [2.05, 4.69) is 34.9 Å². The highest BCUT2D eigenvalue weighted by molar-refractivity contribution is 6.07. The zero-order valence-electron chi connectivity index (χ0n) is 16.9. The first kappa shape index (κ1) is 18.4. The molecular formula is C24H27N3O2. The molecule has 1 saturated heterocycles. The van der Waals surface area contributed by atoms with Crippen molar-refractivity contribution in [3.05, 3.63) is 71.4 Å². The lowest BCUT2D eigenvalue weighted by molar-refractivity contribution is 0.00398. The number of nitrogens with one attached hydrogen (secondary N) is 2. The van der Waals surface area contributed by atoms with Crippen molar-refractivity contribution in [3.8, 4) is 0 Å². The Morgan fingerprint density at radius 1 is 1.14 bits per heavy atom. The number of carbonyl (C=O) groups excluding carboxylic acids is 1. The Morgan fingerprint density at radius 2 is 1.86 bits per heavy atom. The molecular weight excluding hydrogens is 362 g/mol. The van der Waals surface area contributed by atoms with Crippen molar-refractivity contribution in [3.63, 3.8) is 0 Å². The highest BCUT2D eigenvalue weighted by Crippen LogP contribution is 2.51. The van der Waals surface area contributed by atoms with Gasteiger partial charge in [0, 0.05) is 36.7 Å². The third-order valence-corrected chi connectivity index (χ3v) is 6.86. The Morgan fingerprint density at radius 3 is 2.66 bits per heavy atom. The van der Waals surface area contributed by atoms with Crippen LogP contribution in [0.4, 0.5) is 0 Å². The van der Waals surface area contributed by atoms with Crippen LogP contribution in [0.2, 0.25) is 0 Å². The van der Waals surface area contributed by atoms with E-state index in [1.54, 1.807) is 7.11 Å². The first-order valence-corrected chi connectivity index (χ1v) is 10.3. The maximum Gasteiger partial charge on any atom is 0.254 e. The number of carbonyl (C=O) groups is 1. The number of aryl methyl sites for hydroxylation is 1. The number of rotatable bonds is 3. The van der Waals surface area contributed by atoms with E-state index in [9.17, 15) is 4.79 Å². The van der Waals surface area contributed by atoms with E-state index in [0.29, 0.717) is 5.56 Å². The molecule has 5 heteroatoms. The molecule has 3 aromatic rings. The first-order valence-electron chi connectivity index (χ1n) is 10.3. The zero-order chi connectivity index (χ0) is 20.0. The molecule has 5 rings (SSSR count). The van der Waals surface area contributed by atoms with Gasteiger partial charge in [0.2, 0.25) is 0 Å². The number of piperidine rings is 1. The molecule has 0 bridgehead atoms. The summed E-state index contributed by atoms with van der Waals surface area (Å²) in [6, 6.07) is 16.4. The molecule has 150 valence electrons. The molecule has 2 heterocycles. The van der Waals surface area contributed by atoms with Gasteiger partial charge in [-0.1, -0.05) is 42.5 Å². The second-order valence-corrected chi connectivity index (χ2v) is 8.27. The van der Waals surface area contributed by atoms with Gasteiger partial charge in [0.25, 0.3) is 5.91 Å². The molecule has 5 nitrogen and oxygen atoms in total. The van der Waals surface area contributed by atoms with Crippen molar-refractivity contribution >= 4 is 16.8 Å². The van der Waals surface area contributed by atoms with Crippen molar-refractivity contribution in [1.29, 1.82) is 0 Å². The van der Waals surface area contributed by atoms with E-state index in [-0.39, 0.29) is 23.5 Å². The average Bonchev–Trinajstić information content (AvgIpc) is 3.22. The SMILES string of the molecule is CO[C@@H]1[C@@H](NC(=O)c2cn(C)c3ccccc23)c2ccccc2C12CCNCC2. The van der Waals surface area contributed by atoms with Crippen LogP contribution < -0.4 is 10.6 Å². The quantitative estimate of drug-likeness (QED) is 0.723. The fourth-order valence-corrected chi connectivity index (χ4v) is 5.54. The maximum absolute atomic E-state index is 13.4. The second-order valence-electron chi connectivity index (χ2n) is 8.27. The van der Waals surface area contributed by atoms with Gasteiger partial charge in [-0.05, 0) is 43.1 Å². The molecule has 29 heavy (non-hydrogen) atoms. The summed E-state index contributed by atoms with van der Waals surface area (Å²) in [6.07, 6.45) is 3.89. The van der Waals surface area contributed by atoms with Gasteiger partial charge in [-0.2, -0.15) is 0 Å². The molecule has 2 atom stereocenters. The molecule has 1 aliphatic carbocycles. The number of nitrogens with zero attached hydrogens (tertiary/aromatic N) is 1. The third kappa shape index (κ3) is 2.72. The van der Waals surface area contributed by atoms with Crippen LogP contribution in [0.5, 0.6) is 0 Å². The van der Waals surface area contributed by atoms with E-state index in [0.717, 1.165) is 36.8 Å². The van der Waals surface area contributed by atoms with Crippen molar-refractivity contribution in [1.82, 2.24) is 15.2 Å². The van der Waals surface area contributed by atoms with Crippen molar-refractivity contribution in [2.75, 3.05) is 20.2 Å². The Hall–Kier alpha value is -2.63. The lowest BCUT2D eigenvalue weighted by atomic mass is 9.72. The summed E-state index contributed by atoms with van der Waals surface area (Å²) >= 11 is 0. The van der Waals surface area contributed by atoms with Crippen molar-refractivity contribution in [2.45, 2.75) is 30.4 Å². The zero-order valence-corrected chi connectivity index (χ0v) is 16.9. The van der Waals surface area contributed by atoms with Crippen LogP contribution >= 0.6 is 0 Å². The highest BCUT2D eigenvalue weighted by Gasteiger charge is 2.53. The smallest absolute Gasteiger partial charge is 0.254 e. The number of amides is 1. The third-order valence-electron chi connectivity index (χ3n) is 6.86. The highest BCUT2D eigenvalue weighted by atomic mass is 16.5. The largest absolute Gasteiger partial charge is 0.378 e. The number of fused-ring (bicyclic) bond motifs is 3. The van der Waals surface area contributed by atoms with E-state index in [1.807, 2.05) is 42.1 Å². The number of benzene rings is 2. The van der Waals surface area contributed by atoms with Crippen molar-refractivity contribution < 1.29 is 9.53 Å². The van der Waals surface area contributed by atoms with E-state index >= 15 is 0 Å². The molecule has 1 spiro atoms. The number of methoxy groups -OCH3 is 1. The Kier molecular flexibility index (Phi) is 4.45. The summed E-state index contributed by atoms with van der Waals surface area (Å²) in [5.74, 6) is -0.0466. The fourth-order valence-electron chi connectivity index (χ4n) is 5.54. The fraction of sp³-hybridized carbons (Fsp3) is 0.375. The molecule has 0 unspecified atom stereocenters. The number of para-hydroxylation sites is 1. The average molecular weight is 389 g/mol.